The zero-order chi connectivity index (χ0) is 19.2. The minimum absolute atomic E-state index is 0.0854. The van der Waals surface area contributed by atoms with Crippen molar-refractivity contribution in [3.05, 3.63) is 57.5 Å². The van der Waals surface area contributed by atoms with Gasteiger partial charge in [-0.2, -0.15) is 0 Å². The molecule has 3 heterocycles. The number of aryl methyl sites for hydroxylation is 1. The zero-order valence-electron chi connectivity index (χ0n) is 16.1. The predicted molar refractivity (Wildman–Crippen MR) is 109 cm³/mol. The molecule has 140 valence electrons. The lowest BCUT2D eigenvalue weighted by Gasteiger charge is -2.33. The van der Waals surface area contributed by atoms with Crippen molar-refractivity contribution in [2.45, 2.75) is 51.0 Å². The maximum Gasteiger partial charge on any atom is 0.268 e. The second kappa shape index (κ2) is 6.77. The number of thioether (sulfide) groups is 1. The number of fused-ring (bicyclic) bond motifs is 2. The van der Waals surface area contributed by atoms with Gasteiger partial charge in [0.1, 0.15) is 0 Å². The third-order valence-electron chi connectivity index (χ3n) is 5.40. The number of hydrogen-bond acceptors (Lipinski definition) is 5. The van der Waals surface area contributed by atoms with E-state index in [1.807, 2.05) is 43.5 Å². The molecule has 1 aliphatic rings. The summed E-state index contributed by atoms with van der Waals surface area (Å²) in [6, 6.07) is 9.78. The summed E-state index contributed by atoms with van der Waals surface area (Å²) < 4.78 is 7.73. The molecule has 0 aliphatic carbocycles. The Morgan fingerprint density at radius 1 is 1.30 bits per heavy atom. The maximum atomic E-state index is 13.4. The van der Waals surface area contributed by atoms with Crippen LogP contribution in [0.3, 0.4) is 0 Å². The van der Waals surface area contributed by atoms with E-state index in [1.165, 1.54) is 11.8 Å². The first-order chi connectivity index (χ1) is 13.0. The summed E-state index contributed by atoms with van der Waals surface area (Å²) in [5, 5.41) is 1.19. The van der Waals surface area contributed by atoms with E-state index in [1.54, 1.807) is 4.57 Å². The lowest BCUT2D eigenvalue weighted by atomic mass is 9.91. The van der Waals surface area contributed by atoms with Crippen LogP contribution in [-0.2, 0) is 17.8 Å². The molecule has 1 aliphatic heterocycles. The monoisotopic (exact) mass is 381 g/mol. The van der Waals surface area contributed by atoms with Crippen LogP contribution in [0.15, 0.2) is 40.3 Å². The van der Waals surface area contributed by atoms with Crippen LogP contribution >= 0.6 is 11.8 Å². The van der Waals surface area contributed by atoms with Crippen molar-refractivity contribution in [3.63, 3.8) is 0 Å². The topological polar surface area (TPSA) is 57.0 Å². The van der Waals surface area contributed by atoms with Crippen molar-refractivity contribution in [3.8, 4) is 5.69 Å². The Labute approximate surface area is 162 Å². The van der Waals surface area contributed by atoms with Gasteiger partial charge in [0, 0.05) is 12.0 Å². The number of pyridine rings is 1. The fraction of sp³-hybridized carbons (Fsp3) is 0.381. The fourth-order valence-corrected chi connectivity index (χ4v) is 4.04. The molecule has 6 heteroatoms. The van der Waals surface area contributed by atoms with Gasteiger partial charge >= 0.3 is 0 Å². The van der Waals surface area contributed by atoms with Crippen LogP contribution in [0.5, 0.6) is 0 Å². The van der Waals surface area contributed by atoms with E-state index in [4.69, 9.17) is 14.7 Å². The van der Waals surface area contributed by atoms with Gasteiger partial charge in [-0.25, -0.2) is 9.97 Å². The number of ether oxygens (including phenoxy) is 1. The SMILES string of the molecule is CC[C@]1(C)Cc2nc3nc(SC)n(-c4ccccc4C)c(=O)c3cc2CO1. The van der Waals surface area contributed by atoms with E-state index in [0.717, 1.165) is 35.3 Å². The predicted octanol–water partition coefficient (Wildman–Crippen LogP) is 4.05. The van der Waals surface area contributed by atoms with E-state index < -0.39 is 0 Å². The third kappa shape index (κ3) is 3.07. The van der Waals surface area contributed by atoms with Gasteiger partial charge in [-0.15, -0.1) is 0 Å². The van der Waals surface area contributed by atoms with Gasteiger partial charge in [0.2, 0.25) is 0 Å². The molecule has 1 atom stereocenters. The molecule has 0 radical (unpaired) electrons. The molecule has 0 N–H and O–H groups in total. The Kier molecular flexibility index (Phi) is 4.56. The van der Waals surface area contributed by atoms with Crippen molar-refractivity contribution in [2.75, 3.05) is 6.26 Å². The van der Waals surface area contributed by atoms with Gasteiger partial charge in [0.25, 0.3) is 5.56 Å². The first-order valence-electron chi connectivity index (χ1n) is 9.15. The van der Waals surface area contributed by atoms with Crippen LogP contribution in [0, 0.1) is 6.92 Å². The molecule has 1 aromatic carbocycles. The molecular formula is C21H23N3O2S. The standard InChI is InChI=1S/C21H23N3O2S/c1-5-21(3)11-16-14(12-26-21)10-15-18(22-16)23-20(27-4)24(19(15)25)17-9-7-6-8-13(17)2/h6-10H,5,11-12H2,1-4H3/t21-/m1/s1. The van der Waals surface area contributed by atoms with Crippen molar-refractivity contribution >= 4 is 22.8 Å². The molecule has 0 saturated heterocycles. The van der Waals surface area contributed by atoms with Gasteiger partial charge in [0.15, 0.2) is 10.8 Å². The third-order valence-corrected chi connectivity index (χ3v) is 6.04. The summed E-state index contributed by atoms with van der Waals surface area (Å²) in [5.41, 5.74) is 4.10. The normalized spacial score (nSPS) is 19.3. The van der Waals surface area contributed by atoms with E-state index in [-0.39, 0.29) is 11.2 Å². The molecule has 0 bridgehead atoms. The van der Waals surface area contributed by atoms with Crippen molar-refractivity contribution < 1.29 is 4.74 Å². The molecule has 2 aromatic heterocycles. The largest absolute Gasteiger partial charge is 0.370 e. The summed E-state index contributed by atoms with van der Waals surface area (Å²) >= 11 is 1.46. The zero-order valence-corrected chi connectivity index (χ0v) is 16.9. The smallest absolute Gasteiger partial charge is 0.268 e. The average Bonchev–Trinajstić information content (AvgIpc) is 2.67. The number of rotatable bonds is 3. The molecule has 0 saturated carbocycles. The van der Waals surface area contributed by atoms with Crippen molar-refractivity contribution in [1.82, 2.24) is 14.5 Å². The summed E-state index contributed by atoms with van der Waals surface area (Å²) in [6.07, 6.45) is 3.60. The van der Waals surface area contributed by atoms with Gasteiger partial charge < -0.3 is 4.74 Å². The lowest BCUT2D eigenvalue weighted by Crippen LogP contribution is -2.35. The van der Waals surface area contributed by atoms with Gasteiger partial charge in [-0.1, -0.05) is 36.9 Å². The Balaban J connectivity index is 1.96. The van der Waals surface area contributed by atoms with Gasteiger partial charge in [-0.3, -0.25) is 9.36 Å². The Bertz CT molecular complexity index is 1090. The van der Waals surface area contributed by atoms with Crippen LogP contribution in [0.2, 0.25) is 0 Å². The van der Waals surface area contributed by atoms with E-state index in [0.29, 0.717) is 22.8 Å². The van der Waals surface area contributed by atoms with Gasteiger partial charge in [-0.05, 0) is 44.2 Å². The Hall–Kier alpha value is -2.18. The quantitative estimate of drug-likeness (QED) is 0.506. The highest BCUT2D eigenvalue weighted by Gasteiger charge is 2.31. The molecule has 5 nitrogen and oxygen atoms in total. The highest BCUT2D eigenvalue weighted by atomic mass is 32.2. The molecule has 0 amide bonds. The number of aromatic nitrogens is 3. The van der Waals surface area contributed by atoms with Crippen LogP contribution in [0.4, 0.5) is 0 Å². The second-order valence-electron chi connectivity index (χ2n) is 7.26. The summed E-state index contributed by atoms with van der Waals surface area (Å²) in [7, 11) is 0. The van der Waals surface area contributed by atoms with Crippen LogP contribution < -0.4 is 5.56 Å². The van der Waals surface area contributed by atoms with Crippen LogP contribution in [0.1, 0.15) is 37.1 Å². The van der Waals surface area contributed by atoms with Crippen molar-refractivity contribution in [2.24, 2.45) is 0 Å². The number of benzene rings is 1. The molecule has 0 unspecified atom stereocenters. The first kappa shape index (κ1) is 18.2. The summed E-state index contributed by atoms with van der Waals surface area (Å²) in [6.45, 7) is 6.72. The molecule has 0 fully saturated rings. The van der Waals surface area contributed by atoms with Crippen molar-refractivity contribution in [1.29, 1.82) is 0 Å². The highest BCUT2D eigenvalue weighted by Crippen LogP contribution is 2.31. The van der Waals surface area contributed by atoms with Crippen LogP contribution in [0.25, 0.3) is 16.7 Å². The molecule has 4 rings (SSSR count). The average molecular weight is 382 g/mol. The lowest BCUT2D eigenvalue weighted by molar-refractivity contribution is -0.0573. The molecule has 0 spiro atoms. The van der Waals surface area contributed by atoms with Gasteiger partial charge in [0.05, 0.1) is 29.0 Å². The summed E-state index contributed by atoms with van der Waals surface area (Å²) in [5.74, 6) is 0. The first-order valence-corrected chi connectivity index (χ1v) is 10.4. The molecule has 27 heavy (non-hydrogen) atoms. The summed E-state index contributed by atoms with van der Waals surface area (Å²) in [4.78, 5) is 22.9. The second-order valence-corrected chi connectivity index (χ2v) is 8.03. The minimum atomic E-state index is -0.202. The Morgan fingerprint density at radius 2 is 2.07 bits per heavy atom. The maximum absolute atomic E-state index is 13.4. The number of nitrogens with zero attached hydrogens (tertiary/aromatic N) is 3. The van der Waals surface area contributed by atoms with E-state index >= 15 is 0 Å². The Morgan fingerprint density at radius 3 is 2.78 bits per heavy atom. The minimum Gasteiger partial charge on any atom is -0.370 e. The molecular weight excluding hydrogens is 358 g/mol. The fourth-order valence-electron chi connectivity index (χ4n) is 3.50. The molecule has 3 aromatic rings. The number of para-hydroxylation sites is 1. The highest BCUT2D eigenvalue weighted by molar-refractivity contribution is 7.98. The van der Waals surface area contributed by atoms with Crippen LogP contribution in [-0.4, -0.2) is 26.4 Å². The number of hydrogen-bond donors (Lipinski definition) is 0. The van der Waals surface area contributed by atoms with E-state index in [2.05, 4.69) is 13.8 Å². The van der Waals surface area contributed by atoms with E-state index in [9.17, 15) is 4.79 Å².